The van der Waals surface area contributed by atoms with Crippen molar-refractivity contribution in [1.29, 1.82) is 0 Å². The van der Waals surface area contributed by atoms with Crippen molar-refractivity contribution in [2.24, 2.45) is 0 Å². The first-order chi connectivity index (χ1) is 22.4. The van der Waals surface area contributed by atoms with Crippen molar-refractivity contribution >= 4 is 22.8 Å². The Morgan fingerprint density at radius 1 is 0.957 bits per heavy atom. The van der Waals surface area contributed by atoms with Crippen LogP contribution in [0.25, 0.3) is 39.0 Å². The van der Waals surface area contributed by atoms with Gasteiger partial charge in [0.05, 0.1) is 23.0 Å². The Balaban J connectivity index is 1.18. The first-order valence-corrected chi connectivity index (χ1v) is 15.0. The molecule has 4 heterocycles. The van der Waals surface area contributed by atoms with Crippen molar-refractivity contribution in [2.45, 2.75) is 26.0 Å². The first-order valence-electron chi connectivity index (χ1n) is 15.0. The highest BCUT2D eigenvalue weighted by atomic mass is 16.3. The lowest BCUT2D eigenvalue weighted by atomic mass is 9.99. The molecule has 7 rings (SSSR count). The van der Waals surface area contributed by atoms with Crippen LogP contribution in [0.15, 0.2) is 107 Å². The summed E-state index contributed by atoms with van der Waals surface area (Å²) in [5.41, 5.74) is 5.15. The van der Waals surface area contributed by atoms with E-state index in [0.717, 1.165) is 47.3 Å². The molecule has 0 bridgehead atoms. The summed E-state index contributed by atoms with van der Waals surface area (Å²) in [6, 6.07) is 25.7. The largest absolute Gasteiger partial charge is 0.392 e. The van der Waals surface area contributed by atoms with Gasteiger partial charge in [-0.1, -0.05) is 48.5 Å². The van der Waals surface area contributed by atoms with E-state index in [2.05, 4.69) is 31.3 Å². The van der Waals surface area contributed by atoms with E-state index in [1.165, 1.54) is 4.68 Å². The van der Waals surface area contributed by atoms with Gasteiger partial charge in [-0.25, -0.2) is 14.3 Å². The number of aromatic amines is 1. The van der Waals surface area contributed by atoms with E-state index in [4.69, 9.17) is 0 Å². The summed E-state index contributed by atoms with van der Waals surface area (Å²) in [6.45, 7) is 3.93. The van der Waals surface area contributed by atoms with Crippen LogP contribution in [-0.2, 0) is 6.54 Å². The van der Waals surface area contributed by atoms with Gasteiger partial charge in [0.2, 0.25) is 0 Å². The number of carbonyl (C=O) groups excluding carboxylic acids is 1. The quantitative estimate of drug-likeness (QED) is 0.250. The lowest BCUT2D eigenvalue weighted by Gasteiger charge is -2.18. The second kappa shape index (κ2) is 12.0. The second-order valence-corrected chi connectivity index (χ2v) is 11.4. The first kappa shape index (κ1) is 29.1. The summed E-state index contributed by atoms with van der Waals surface area (Å²) in [4.78, 5) is 49.2. The number of aryl methyl sites for hydroxylation is 1. The van der Waals surface area contributed by atoms with Gasteiger partial charge in [-0.05, 0) is 77.6 Å². The number of pyridine rings is 1. The number of aliphatic hydroxyl groups is 1. The Labute approximate surface area is 263 Å². The highest BCUT2D eigenvalue weighted by Gasteiger charge is 2.22. The van der Waals surface area contributed by atoms with Crippen molar-refractivity contribution in [3.63, 3.8) is 0 Å². The summed E-state index contributed by atoms with van der Waals surface area (Å²) in [7, 11) is 0. The monoisotopic (exact) mass is 613 g/mol. The summed E-state index contributed by atoms with van der Waals surface area (Å²) >= 11 is 0. The molecule has 11 nitrogen and oxygen atoms in total. The molecule has 3 aromatic carbocycles. The van der Waals surface area contributed by atoms with Crippen LogP contribution in [0.5, 0.6) is 0 Å². The number of amides is 1. The van der Waals surface area contributed by atoms with E-state index in [0.29, 0.717) is 28.2 Å². The number of H-pyrrole nitrogens is 1. The number of hydrogen-bond acceptors (Lipinski definition) is 7. The van der Waals surface area contributed by atoms with Crippen molar-refractivity contribution in [2.75, 3.05) is 18.4 Å². The van der Waals surface area contributed by atoms with Crippen LogP contribution in [0.3, 0.4) is 0 Å². The minimum Gasteiger partial charge on any atom is -0.392 e. The van der Waals surface area contributed by atoms with E-state index < -0.39 is 17.3 Å². The van der Waals surface area contributed by atoms with Crippen molar-refractivity contribution in [3.8, 4) is 27.9 Å². The van der Waals surface area contributed by atoms with Crippen molar-refractivity contribution in [1.82, 2.24) is 29.2 Å². The van der Waals surface area contributed by atoms with Crippen LogP contribution in [0.2, 0.25) is 0 Å². The molecule has 0 aliphatic carbocycles. The third-order valence-electron chi connectivity index (χ3n) is 8.31. The minimum absolute atomic E-state index is 0.0802. The number of β-amino-alcohol motifs (C(OH)–C–C–N with tert-alkyl or cyclic N) is 1. The van der Waals surface area contributed by atoms with Crippen LogP contribution in [-0.4, -0.2) is 59.5 Å². The maximum absolute atomic E-state index is 13.8. The zero-order chi connectivity index (χ0) is 31.8. The molecule has 1 atom stereocenters. The summed E-state index contributed by atoms with van der Waals surface area (Å²) in [5.74, 6) is 0. The van der Waals surface area contributed by atoms with E-state index in [1.807, 2.05) is 60.7 Å². The van der Waals surface area contributed by atoms with Crippen LogP contribution < -0.4 is 16.6 Å². The Kier molecular flexibility index (Phi) is 7.61. The standard InChI is InChI=1S/C35H31N7O4/c1-22-31-32(42(39-22)28-7-4-6-25(19-28)23-13-16-36-17-14-23)33(44)41(35(46)38-31)34(45)37-27-11-9-24(10-12-27)30-8-3-2-5-26(30)20-40-18-15-29(43)21-40/h2-14,16-17,19,29,43H,15,18,20-21H2,1H3,(H,37,45)(H,38,46). The molecule has 1 saturated heterocycles. The smallest absolute Gasteiger partial charge is 0.337 e. The van der Waals surface area contributed by atoms with Gasteiger partial charge in [-0.3, -0.25) is 14.7 Å². The van der Waals surface area contributed by atoms with Crippen molar-refractivity contribution in [3.05, 3.63) is 129 Å². The molecule has 1 fully saturated rings. The summed E-state index contributed by atoms with van der Waals surface area (Å²) < 4.78 is 2.01. The molecule has 3 aromatic heterocycles. The molecule has 0 saturated carbocycles. The van der Waals surface area contributed by atoms with Crippen LogP contribution >= 0.6 is 0 Å². The SMILES string of the molecule is Cc1nn(-c2cccc(-c3ccncc3)c2)c2c(=O)n(C(=O)Nc3ccc(-c4ccccc4CN4CCC(O)C4)cc3)c(=O)[nH]c12. The summed E-state index contributed by atoms with van der Waals surface area (Å²) in [6.07, 6.45) is 3.89. The number of likely N-dealkylation sites (tertiary alicyclic amines) is 1. The number of nitrogens with one attached hydrogen (secondary N) is 2. The average Bonchev–Trinajstić information content (AvgIpc) is 3.64. The number of aliphatic hydroxyl groups excluding tert-OH is 1. The van der Waals surface area contributed by atoms with E-state index >= 15 is 0 Å². The maximum Gasteiger partial charge on any atom is 0.337 e. The molecular weight excluding hydrogens is 582 g/mol. The molecule has 1 aliphatic heterocycles. The number of carbonyl (C=O) groups is 1. The minimum atomic E-state index is -0.884. The van der Waals surface area contributed by atoms with Gasteiger partial charge >= 0.3 is 11.7 Å². The van der Waals surface area contributed by atoms with Gasteiger partial charge < -0.3 is 15.4 Å². The molecule has 3 N–H and O–H groups in total. The highest BCUT2D eigenvalue weighted by molar-refractivity contribution is 5.92. The van der Waals surface area contributed by atoms with Crippen LogP contribution in [0.4, 0.5) is 10.5 Å². The van der Waals surface area contributed by atoms with Gasteiger partial charge in [0, 0.05) is 37.7 Å². The maximum atomic E-state index is 13.8. The van der Waals surface area contributed by atoms with Gasteiger partial charge in [0.25, 0.3) is 5.56 Å². The Morgan fingerprint density at radius 2 is 1.74 bits per heavy atom. The second-order valence-electron chi connectivity index (χ2n) is 11.4. The number of rotatable bonds is 6. The number of nitrogens with zero attached hydrogens (tertiary/aromatic N) is 5. The number of hydrogen-bond donors (Lipinski definition) is 3. The molecule has 6 aromatic rings. The predicted octanol–water partition coefficient (Wildman–Crippen LogP) is 4.56. The molecule has 0 spiro atoms. The third kappa shape index (κ3) is 5.53. The van der Waals surface area contributed by atoms with E-state index in [1.54, 1.807) is 37.5 Å². The Bertz CT molecular complexity index is 2190. The average molecular weight is 614 g/mol. The topological polar surface area (TPSA) is 138 Å². The molecule has 0 radical (unpaired) electrons. The molecule has 1 aliphatic rings. The molecule has 230 valence electrons. The lowest BCUT2D eigenvalue weighted by Crippen LogP contribution is -2.42. The molecule has 1 amide bonds. The fraction of sp³-hybridized carbons (Fsp3) is 0.171. The number of benzene rings is 3. The lowest BCUT2D eigenvalue weighted by molar-refractivity contribution is 0.175. The van der Waals surface area contributed by atoms with Gasteiger partial charge in [-0.15, -0.1) is 0 Å². The van der Waals surface area contributed by atoms with Crippen LogP contribution in [0.1, 0.15) is 17.7 Å². The molecule has 11 heteroatoms. The van der Waals surface area contributed by atoms with Gasteiger partial charge in [-0.2, -0.15) is 9.67 Å². The Morgan fingerprint density at radius 3 is 2.50 bits per heavy atom. The zero-order valence-corrected chi connectivity index (χ0v) is 25.1. The van der Waals surface area contributed by atoms with Gasteiger partial charge in [0.15, 0.2) is 5.52 Å². The zero-order valence-electron chi connectivity index (χ0n) is 25.1. The van der Waals surface area contributed by atoms with Crippen molar-refractivity contribution < 1.29 is 9.90 Å². The predicted molar refractivity (Wildman–Crippen MR) is 176 cm³/mol. The summed E-state index contributed by atoms with van der Waals surface area (Å²) in [5, 5.41) is 17.2. The molecular formula is C35H31N7O4. The van der Waals surface area contributed by atoms with E-state index in [9.17, 15) is 19.5 Å². The number of aromatic nitrogens is 5. The third-order valence-corrected chi connectivity index (χ3v) is 8.31. The highest BCUT2D eigenvalue weighted by Crippen LogP contribution is 2.28. The van der Waals surface area contributed by atoms with E-state index in [-0.39, 0.29) is 17.1 Å². The molecule has 1 unspecified atom stereocenters. The normalized spacial score (nSPS) is 15.0. The molecule has 46 heavy (non-hydrogen) atoms. The van der Waals surface area contributed by atoms with Crippen LogP contribution in [0, 0.1) is 6.92 Å². The Hall–Kier alpha value is -5.65. The fourth-order valence-corrected chi connectivity index (χ4v) is 6.02. The fourth-order valence-electron chi connectivity index (χ4n) is 6.02. The number of anilines is 1. The van der Waals surface area contributed by atoms with Gasteiger partial charge in [0.1, 0.15) is 0 Å². The number of fused-ring (bicyclic) bond motifs is 1.